The average molecular weight is 246 g/mol. The minimum Gasteiger partial charge on any atom is -0.480 e. The molecule has 0 saturated carbocycles. The Balaban J connectivity index is 2.08. The molecule has 2 N–H and O–H groups in total. The Kier molecular flexibility index (Phi) is 2.40. The number of carbonyl (C=O) groups is 1. The number of carboxylic acid groups (broad SMARTS) is 1. The van der Waals surface area contributed by atoms with E-state index in [4.69, 9.17) is 5.11 Å². The number of hydrogen-bond acceptors (Lipinski definition) is 3. The molecule has 0 fully saturated rings. The molecule has 1 unspecified atom stereocenters. The smallest absolute Gasteiger partial charge is 0.329 e. The number of aliphatic carboxylic acids is 1. The second-order valence-electron chi connectivity index (χ2n) is 3.84. The normalized spacial score (nSPS) is 19.5. The number of aliphatic imine (C=N–C) groups is 1. The molecule has 4 nitrogen and oxygen atoms in total. The summed E-state index contributed by atoms with van der Waals surface area (Å²) < 4.78 is 0. The number of fused-ring (bicyclic) bond motifs is 1. The number of carboxylic acids is 1. The van der Waals surface area contributed by atoms with Crippen LogP contribution in [0.25, 0.3) is 10.9 Å². The fraction of sp³-hybridized carbons (Fsp3) is 0.167. The van der Waals surface area contributed by atoms with Gasteiger partial charge in [-0.15, -0.1) is 11.8 Å². The van der Waals surface area contributed by atoms with Crippen LogP contribution in [0, 0.1) is 0 Å². The van der Waals surface area contributed by atoms with Gasteiger partial charge in [0.2, 0.25) is 0 Å². The molecule has 0 aliphatic carbocycles. The molecular weight excluding hydrogens is 236 g/mol. The quantitative estimate of drug-likeness (QED) is 0.853. The molecule has 17 heavy (non-hydrogen) atoms. The molecular formula is C12H10N2O2S. The van der Waals surface area contributed by atoms with E-state index in [0.29, 0.717) is 5.75 Å². The first-order valence-corrected chi connectivity index (χ1v) is 6.24. The second-order valence-corrected chi connectivity index (χ2v) is 4.85. The number of benzene rings is 1. The first kappa shape index (κ1) is 10.4. The third kappa shape index (κ3) is 1.72. The molecule has 1 atom stereocenters. The summed E-state index contributed by atoms with van der Waals surface area (Å²) in [5, 5.41) is 10.8. The minimum absolute atomic E-state index is 0.519. The molecule has 2 heterocycles. The molecule has 86 valence electrons. The number of nitrogens with zero attached hydrogens (tertiary/aromatic N) is 1. The highest BCUT2D eigenvalue weighted by Gasteiger charge is 2.25. The van der Waals surface area contributed by atoms with Crippen molar-refractivity contribution in [2.24, 2.45) is 4.99 Å². The van der Waals surface area contributed by atoms with Crippen molar-refractivity contribution < 1.29 is 9.90 Å². The second kappa shape index (κ2) is 3.92. The van der Waals surface area contributed by atoms with Gasteiger partial charge in [-0.3, -0.25) is 4.99 Å². The Morgan fingerprint density at radius 1 is 1.47 bits per heavy atom. The molecule has 1 aromatic carbocycles. The van der Waals surface area contributed by atoms with Crippen LogP contribution in [-0.2, 0) is 4.79 Å². The van der Waals surface area contributed by atoms with E-state index in [1.807, 2.05) is 30.5 Å². The molecule has 5 heteroatoms. The highest BCUT2D eigenvalue weighted by Crippen LogP contribution is 2.28. The van der Waals surface area contributed by atoms with Crippen molar-refractivity contribution >= 4 is 33.7 Å². The van der Waals surface area contributed by atoms with E-state index in [9.17, 15) is 4.79 Å². The zero-order valence-electron chi connectivity index (χ0n) is 8.88. The van der Waals surface area contributed by atoms with Gasteiger partial charge in [-0.1, -0.05) is 12.1 Å². The molecule has 0 amide bonds. The van der Waals surface area contributed by atoms with Gasteiger partial charge >= 0.3 is 5.97 Å². The summed E-state index contributed by atoms with van der Waals surface area (Å²) in [6, 6.07) is 7.30. The number of H-pyrrole nitrogens is 1. The topological polar surface area (TPSA) is 65.4 Å². The van der Waals surface area contributed by atoms with Crippen molar-refractivity contribution in [2.45, 2.75) is 6.04 Å². The molecule has 1 aromatic heterocycles. The van der Waals surface area contributed by atoms with E-state index in [1.54, 1.807) is 0 Å². The molecule has 2 aromatic rings. The van der Waals surface area contributed by atoms with Crippen LogP contribution < -0.4 is 0 Å². The van der Waals surface area contributed by atoms with Gasteiger partial charge < -0.3 is 10.1 Å². The lowest BCUT2D eigenvalue weighted by atomic mass is 10.1. The van der Waals surface area contributed by atoms with Crippen LogP contribution >= 0.6 is 11.8 Å². The molecule has 0 radical (unpaired) electrons. The summed E-state index contributed by atoms with van der Waals surface area (Å²) in [5.74, 6) is -0.334. The largest absolute Gasteiger partial charge is 0.480 e. The highest BCUT2D eigenvalue weighted by molar-refractivity contribution is 8.14. The summed E-state index contributed by atoms with van der Waals surface area (Å²) in [7, 11) is 0. The number of rotatable bonds is 2. The van der Waals surface area contributed by atoms with E-state index in [2.05, 4.69) is 9.98 Å². The summed E-state index contributed by atoms with van der Waals surface area (Å²) >= 11 is 1.51. The zero-order valence-corrected chi connectivity index (χ0v) is 9.70. The molecule has 0 bridgehead atoms. The first-order valence-electron chi connectivity index (χ1n) is 5.25. The maximum absolute atomic E-state index is 10.9. The molecule has 0 saturated heterocycles. The van der Waals surface area contributed by atoms with E-state index in [0.717, 1.165) is 21.5 Å². The van der Waals surface area contributed by atoms with Crippen LogP contribution in [0.4, 0.5) is 0 Å². The molecule has 1 aliphatic rings. The summed E-state index contributed by atoms with van der Waals surface area (Å²) in [6.07, 6.45) is 1.88. The minimum atomic E-state index is -0.853. The lowest BCUT2D eigenvalue weighted by Crippen LogP contribution is -2.17. The van der Waals surface area contributed by atoms with Crippen LogP contribution in [0.2, 0.25) is 0 Å². The van der Waals surface area contributed by atoms with Crippen LogP contribution in [0.3, 0.4) is 0 Å². The van der Waals surface area contributed by atoms with Crippen LogP contribution in [0.1, 0.15) is 5.56 Å². The number of aromatic nitrogens is 1. The Bertz CT molecular complexity index is 618. The van der Waals surface area contributed by atoms with Gasteiger partial charge in [0.1, 0.15) is 0 Å². The van der Waals surface area contributed by atoms with Gasteiger partial charge in [-0.25, -0.2) is 4.79 Å². The van der Waals surface area contributed by atoms with Gasteiger partial charge in [0, 0.05) is 28.4 Å². The van der Waals surface area contributed by atoms with Crippen LogP contribution in [0.15, 0.2) is 35.5 Å². The Labute approximate surface area is 102 Å². The summed E-state index contributed by atoms with van der Waals surface area (Å²) in [4.78, 5) is 18.3. The number of thioether (sulfide) groups is 1. The van der Waals surface area contributed by atoms with Crippen molar-refractivity contribution in [3.8, 4) is 0 Å². The number of hydrogen-bond donors (Lipinski definition) is 2. The summed E-state index contributed by atoms with van der Waals surface area (Å²) in [5.41, 5.74) is 2.06. The fourth-order valence-corrected chi connectivity index (χ4v) is 2.99. The monoisotopic (exact) mass is 246 g/mol. The van der Waals surface area contributed by atoms with Gasteiger partial charge in [0.05, 0.1) is 5.04 Å². The Morgan fingerprint density at radius 2 is 2.35 bits per heavy atom. The lowest BCUT2D eigenvalue weighted by Gasteiger charge is -2.01. The average Bonchev–Trinajstić information content (AvgIpc) is 2.97. The van der Waals surface area contributed by atoms with E-state index in [1.165, 1.54) is 11.8 Å². The van der Waals surface area contributed by atoms with Gasteiger partial charge in [0.15, 0.2) is 6.04 Å². The zero-order chi connectivity index (χ0) is 11.8. The maximum Gasteiger partial charge on any atom is 0.329 e. The van der Waals surface area contributed by atoms with Crippen LogP contribution in [-0.4, -0.2) is 32.9 Å². The van der Waals surface area contributed by atoms with Crippen molar-refractivity contribution in [3.63, 3.8) is 0 Å². The van der Waals surface area contributed by atoms with Crippen molar-refractivity contribution in [3.05, 3.63) is 36.0 Å². The predicted molar refractivity (Wildman–Crippen MR) is 68.7 cm³/mol. The fourth-order valence-electron chi connectivity index (χ4n) is 1.92. The first-order chi connectivity index (χ1) is 8.25. The molecule has 1 aliphatic heterocycles. The third-order valence-electron chi connectivity index (χ3n) is 2.76. The van der Waals surface area contributed by atoms with E-state index < -0.39 is 12.0 Å². The predicted octanol–water partition coefficient (Wildman–Crippen LogP) is 2.11. The van der Waals surface area contributed by atoms with Gasteiger partial charge in [-0.05, 0) is 12.1 Å². The molecule has 3 rings (SSSR count). The van der Waals surface area contributed by atoms with Crippen molar-refractivity contribution in [1.29, 1.82) is 0 Å². The van der Waals surface area contributed by atoms with Gasteiger partial charge in [-0.2, -0.15) is 0 Å². The number of nitrogens with one attached hydrogen (secondary N) is 1. The highest BCUT2D eigenvalue weighted by atomic mass is 32.2. The summed E-state index contributed by atoms with van der Waals surface area (Å²) in [6.45, 7) is 0. The Hall–Kier alpha value is -1.75. The SMILES string of the molecule is O=C(O)C1CSC(c2cccc3[nH]ccc23)=N1. The van der Waals surface area contributed by atoms with Crippen LogP contribution in [0.5, 0.6) is 0 Å². The van der Waals surface area contributed by atoms with E-state index in [-0.39, 0.29) is 0 Å². The van der Waals surface area contributed by atoms with E-state index >= 15 is 0 Å². The standard InChI is InChI=1S/C12H10N2O2S/c15-12(16)10-6-17-11(14-10)8-2-1-3-9-7(8)4-5-13-9/h1-5,10,13H,6H2,(H,15,16). The van der Waals surface area contributed by atoms with Gasteiger partial charge in [0.25, 0.3) is 0 Å². The molecule has 0 spiro atoms. The van der Waals surface area contributed by atoms with Crippen molar-refractivity contribution in [2.75, 3.05) is 5.75 Å². The van der Waals surface area contributed by atoms with Crippen molar-refractivity contribution in [1.82, 2.24) is 4.98 Å². The lowest BCUT2D eigenvalue weighted by molar-refractivity contribution is -0.137. The number of aromatic amines is 1. The maximum atomic E-state index is 10.9. The Morgan fingerprint density at radius 3 is 3.12 bits per heavy atom. The third-order valence-corrected chi connectivity index (χ3v) is 3.84.